The van der Waals surface area contributed by atoms with Gasteiger partial charge >= 0.3 is 0 Å². The van der Waals surface area contributed by atoms with Crippen molar-refractivity contribution in [2.45, 2.75) is 49.5 Å². The number of nitrogens with one attached hydrogen (secondary N) is 1. The molecule has 0 radical (unpaired) electrons. The van der Waals surface area contributed by atoms with Crippen LogP contribution in [-0.2, 0) is 27.7 Å². The first-order valence-electron chi connectivity index (χ1n) is 10.0. The Labute approximate surface area is 166 Å². The maximum atomic E-state index is 12.6. The summed E-state index contributed by atoms with van der Waals surface area (Å²) in [4.78, 5) is 12.7. The topological polar surface area (TPSA) is 66.5 Å². The van der Waals surface area contributed by atoms with E-state index >= 15 is 0 Å². The van der Waals surface area contributed by atoms with E-state index in [-0.39, 0.29) is 11.9 Å². The molecule has 0 saturated carbocycles. The summed E-state index contributed by atoms with van der Waals surface area (Å²) in [7, 11) is -3.38. The van der Waals surface area contributed by atoms with Crippen LogP contribution in [-0.4, -0.2) is 31.7 Å². The lowest BCUT2D eigenvalue weighted by molar-refractivity contribution is -0.121. The minimum absolute atomic E-state index is 0.0375. The molecule has 1 amide bonds. The summed E-state index contributed by atoms with van der Waals surface area (Å²) in [6, 6.07) is 15.3. The highest BCUT2D eigenvalue weighted by molar-refractivity contribution is 7.89. The molecule has 1 heterocycles. The maximum absolute atomic E-state index is 12.6. The van der Waals surface area contributed by atoms with Crippen molar-refractivity contribution in [3.63, 3.8) is 0 Å². The number of hydrogen-bond acceptors (Lipinski definition) is 3. The van der Waals surface area contributed by atoms with Crippen LogP contribution >= 0.6 is 0 Å². The third-order valence-electron chi connectivity index (χ3n) is 5.73. The van der Waals surface area contributed by atoms with E-state index in [1.807, 2.05) is 24.3 Å². The number of carbonyl (C=O) groups excluding carboxylic acids is 1. The first kappa shape index (κ1) is 19.2. The van der Waals surface area contributed by atoms with Crippen LogP contribution in [0.4, 0.5) is 0 Å². The average molecular weight is 399 g/mol. The Kier molecular flexibility index (Phi) is 5.51. The maximum Gasteiger partial charge on any atom is 0.243 e. The van der Waals surface area contributed by atoms with Crippen molar-refractivity contribution < 1.29 is 13.2 Å². The highest BCUT2D eigenvalue weighted by Crippen LogP contribution is 2.30. The highest BCUT2D eigenvalue weighted by atomic mass is 32.2. The van der Waals surface area contributed by atoms with E-state index in [1.54, 1.807) is 16.4 Å². The zero-order valence-corrected chi connectivity index (χ0v) is 16.7. The Balaban J connectivity index is 1.32. The molecule has 1 atom stereocenters. The van der Waals surface area contributed by atoms with Crippen molar-refractivity contribution >= 4 is 15.9 Å². The number of nitrogens with zero attached hydrogens (tertiary/aromatic N) is 1. The fourth-order valence-electron chi connectivity index (χ4n) is 4.14. The lowest BCUT2D eigenvalue weighted by Gasteiger charge is -2.16. The van der Waals surface area contributed by atoms with Crippen LogP contribution < -0.4 is 5.32 Å². The Bertz CT molecular complexity index is 948. The highest BCUT2D eigenvalue weighted by Gasteiger charge is 2.27. The number of fused-ring (bicyclic) bond motifs is 1. The molecule has 1 aliphatic carbocycles. The normalized spacial score (nSPS) is 19.5. The summed E-state index contributed by atoms with van der Waals surface area (Å²) < 4.78 is 26.7. The van der Waals surface area contributed by atoms with Crippen LogP contribution in [0.1, 0.15) is 48.4 Å². The summed E-state index contributed by atoms with van der Waals surface area (Å²) >= 11 is 0. The van der Waals surface area contributed by atoms with Crippen LogP contribution in [0, 0.1) is 0 Å². The predicted octanol–water partition coefficient (Wildman–Crippen LogP) is 3.21. The number of rotatable bonds is 6. The van der Waals surface area contributed by atoms with Gasteiger partial charge in [-0.05, 0) is 60.9 Å². The molecule has 0 aromatic heterocycles. The number of hydrogen-bond donors (Lipinski definition) is 1. The zero-order valence-electron chi connectivity index (χ0n) is 15.9. The van der Waals surface area contributed by atoms with Crippen LogP contribution in [0.15, 0.2) is 53.4 Å². The molecule has 0 spiro atoms. The summed E-state index contributed by atoms with van der Waals surface area (Å²) in [5, 5.41) is 3.14. The zero-order chi connectivity index (χ0) is 19.6. The summed E-state index contributed by atoms with van der Waals surface area (Å²) in [6.45, 7) is 1.21. The van der Waals surface area contributed by atoms with Gasteiger partial charge in [0.1, 0.15) is 0 Å². The lowest BCUT2D eigenvalue weighted by atomic mass is 10.1. The number of carbonyl (C=O) groups is 1. The van der Waals surface area contributed by atoms with E-state index in [0.717, 1.165) is 31.2 Å². The minimum Gasteiger partial charge on any atom is -0.349 e. The van der Waals surface area contributed by atoms with Gasteiger partial charge in [0.15, 0.2) is 0 Å². The van der Waals surface area contributed by atoms with Crippen molar-refractivity contribution in [1.29, 1.82) is 0 Å². The molecule has 148 valence electrons. The third-order valence-corrected chi connectivity index (χ3v) is 7.65. The quantitative estimate of drug-likeness (QED) is 0.813. The van der Waals surface area contributed by atoms with Gasteiger partial charge in [0.25, 0.3) is 0 Å². The monoisotopic (exact) mass is 398 g/mol. The minimum atomic E-state index is -3.38. The van der Waals surface area contributed by atoms with Crippen LogP contribution in [0.25, 0.3) is 0 Å². The molecule has 6 heteroatoms. The molecule has 5 nitrogen and oxygen atoms in total. The van der Waals surface area contributed by atoms with E-state index in [1.165, 1.54) is 11.1 Å². The largest absolute Gasteiger partial charge is 0.349 e. The summed E-state index contributed by atoms with van der Waals surface area (Å²) in [6.07, 6.45) is 4.82. The number of amides is 1. The number of sulfonamides is 1. The fraction of sp³-hybridized carbons (Fsp3) is 0.409. The first-order chi connectivity index (χ1) is 13.5. The fourth-order valence-corrected chi connectivity index (χ4v) is 5.65. The Morgan fingerprint density at radius 2 is 1.75 bits per heavy atom. The number of aryl methyl sites for hydroxylation is 2. The van der Waals surface area contributed by atoms with Gasteiger partial charge in [0, 0.05) is 19.5 Å². The molecule has 1 fully saturated rings. The lowest BCUT2D eigenvalue weighted by Crippen LogP contribution is -2.28. The molecule has 0 bridgehead atoms. The van der Waals surface area contributed by atoms with E-state index in [4.69, 9.17) is 0 Å². The van der Waals surface area contributed by atoms with Crippen molar-refractivity contribution in [1.82, 2.24) is 9.62 Å². The van der Waals surface area contributed by atoms with E-state index in [2.05, 4.69) is 17.4 Å². The van der Waals surface area contributed by atoms with Gasteiger partial charge in [-0.1, -0.05) is 36.4 Å². The van der Waals surface area contributed by atoms with Crippen LogP contribution in [0.5, 0.6) is 0 Å². The van der Waals surface area contributed by atoms with Gasteiger partial charge in [-0.15, -0.1) is 0 Å². The smallest absolute Gasteiger partial charge is 0.243 e. The SMILES string of the molecule is O=C(CCc1ccc(S(=O)(=O)N2CCCC2)cc1)NC1CCc2ccccc21. The molecule has 1 aliphatic heterocycles. The van der Waals surface area contributed by atoms with Crippen molar-refractivity contribution in [2.24, 2.45) is 0 Å². The van der Waals surface area contributed by atoms with Crippen molar-refractivity contribution in [2.75, 3.05) is 13.1 Å². The number of benzene rings is 2. The van der Waals surface area contributed by atoms with Gasteiger partial charge in [-0.3, -0.25) is 4.79 Å². The molecule has 28 heavy (non-hydrogen) atoms. The molecule has 2 aromatic carbocycles. The molecule has 1 N–H and O–H groups in total. The van der Waals surface area contributed by atoms with Crippen LogP contribution in [0.2, 0.25) is 0 Å². The predicted molar refractivity (Wildman–Crippen MR) is 108 cm³/mol. The van der Waals surface area contributed by atoms with E-state index in [9.17, 15) is 13.2 Å². The molecule has 1 unspecified atom stereocenters. The van der Waals surface area contributed by atoms with Gasteiger partial charge in [0.05, 0.1) is 10.9 Å². The average Bonchev–Trinajstić information content (AvgIpc) is 3.38. The van der Waals surface area contributed by atoms with Gasteiger partial charge in [0.2, 0.25) is 15.9 Å². The Hall–Kier alpha value is -2.18. The Morgan fingerprint density at radius 3 is 2.50 bits per heavy atom. The summed E-state index contributed by atoms with van der Waals surface area (Å²) in [5.41, 5.74) is 3.53. The van der Waals surface area contributed by atoms with Crippen LogP contribution in [0.3, 0.4) is 0 Å². The van der Waals surface area contributed by atoms with Gasteiger partial charge in [-0.25, -0.2) is 8.42 Å². The Morgan fingerprint density at radius 1 is 1.04 bits per heavy atom. The first-order valence-corrected chi connectivity index (χ1v) is 11.4. The van der Waals surface area contributed by atoms with E-state index < -0.39 is 10.0 Å². The van der Waals surface area contributed by atoms with E-state index in [0.29, 0.717) is 30.8 Å². The second kappa shape index (κ2) is 8.05. The third kappa shape index (κ3) is 3.98. The van der Waals surface area contributed by atoms with Crippen molar-refractivity contribution in [3.8, 4) is 0 Å². The summed E-state index contributed by atoms with van der Waals surface area (Å²) in [5.74, 6) is 0.0375. The van der Waals surface area contributed by atoms with Crippen molar-refractivity contribution in [3.05, 3.63) is 65.2 Å². The molecular formula is C22H26N2O3S. The molecule has 2 aromatic rings. The standard InChI is InChI=1S/C22H26N2O3S/c25-22(23-21-13-10-18-5-1-2-6-20(18)21)14-9-17-7-11-19(12-8-17)28(26,27)24-15-3-4-16-24/h1-2,5-8,11-12,21H,3-4,9-10,13-16H2,(H,23,25). The second-order valence-corrected chi connectivity index (χ2v) is 9.55. The molecular weight excluding hydrogens is 372 g/mol. The van der Waals surface area contributed by atoms with Gasteiger partial charge in [-0.2, -0.15) is 4.31 Å². The molecule has 2 aliphatic rings. The molecule has 1 saturated heterocycles. The van der Waals surface area contributed by atoms with Gasteiger partial charge < -0.3 is 5.32 Å². The second-order valence-electron chi connectivity index (χ2n) is 7.61. The molecule has 4 rings (SSSR count).